The van der Waals surface area contributed by atoms with Crippen molar-refractivity contribution < 1.29 is 0 Å². The Balaban J connectivity index is 1.59. The number of hydrogen-bond donors (Lipinski definition) is 2. The number of aryl methyl sites for hydroxylation is 1. The van der Waals surface area contributed by atoms with Crippen molar-refractivity contribution in [2.75, 3.05) is 18.4 Å². The zero-order valence-electron chi connectivity index (χ0n) is 11.1. The van der Waals surface area contributed by atoms with E-state index in [1.165, 1.54) is 27.6 Å². The zero-order valence-corrected chi connectivity index (χ0v) is 12.0. The molecule has 2 heterocycles. The Kier molecular flexibility index (Phi) is 3.80. The first-order valence-corrected chi connectivity index (χ1v) is 7.59. The molecule has 19 heavy (non-hydrogen) atoms. The van der Waals surface area contributed by atoms with Crippen LogP contribution in [0.25, 0.3) is 0 Å². The Morgan fingerprint density at radius 2 is 2.32 bits per heavy atom. The minimum absolute atomic E-state index is 0.610. The molecule has 3 nitrogen and oxygen atoms in total. The van der Waals surface area contributed by atoms with Crippen LogP contribution in [0.15, 0.2) is 30.5 Å². The molecule has 0 bridgehead atoms. The summed E-state index contributed by atoms with van der Waals surface area (Å²) < 4.78 is 0. The summed E-state index contributed by atoms with van der Waals surface area (Å²) in [5, 5.41) is 8.19. The Labute approximate surface area is 118 Å². The van der Waals surface area contributed by atoms with Crippen molar-refractivity contribution in [2.24, 2.45) is 0 Å². The van der Waals surface area contributed by atoms with Crippen molar-refractivity contribution >= 4 is 17.0 Å². The molecule has 1 atom stereocenters. The van der Waals surface area contributed by atoms with Crippen LogP contribution in [0.2, 0.25) is 0 Å². The van der Waals surface area contributed by atoms with Crippen molar-refractivity contribution in [3.05, 3.63) is 45.9 Å². The fraction of sp³-hybridized carbons (Fsp3) is 0.400. The summed E-state index contributed by atoms with van der Waals surface area (Å²) in [5.74, 6) is 0.610. The molecule has 0 saturated heterocycles. The van der Waals surface area contributed by atoms with E-state index in [0.717, 1.165) is 19.6 Å². The summed E-state index contributed by atoms with van der Waals surface area (Å²) in [6.45, 7) is 5.08. The number of rotatable bonds is 4. The lowest BCUT2D eigenvalue weighted by molar-refractivity contribution is 0.551. The third kappa shape index (κ3) is 2.96. The van der Waals surface area contributed by atoms with Crippen LogP contribution in [0.1, 0.15) is 27.8 Å². The molecule has 0 amide bonds. The highest BCUT2D eigenvalue weighted by molar-refractivity contribution is 7.11. The van der Waals surface area contributed by atoms with Gasteiger partial charge >= 0.3 is 0 Å². The van der Waals surface area contributed by atoms with E-state index < -0.39 is 0 Å². The molecule has 100 valence electrons. The van der Waals surface area contributed by atoms with Gasteiger partial charge in [0.05, 0.1) is 0 Å². The molecule has 0 radical (unpaired) electrons. The lowest BCUT2D eigenvalue weighted by atomic mass is 9.91. The average Bonchev–Trinajstić information content (AvgIpc) is 2.85. The molecule has 1 unspecified atom stereocenters. The second kappa shape index (κ2) is 5.72. The topological polar surface area (TPSA) is 37.0 Å². The molecule has 1 aromatic heterocycles. The van der Waals surface area contributed by atoms with Gasteiger partial charge in [0.2, 0.25) is 0 Å². The van der Waals surface area contributed by atoms with E-state index in [9.17, 15) is 0 Å². The van der Waals surface area contributed by atoms with Crippen LogP contribution in [-0.2, 0) is 6.54 Å². The predicted octanol–water partition coefficient (Wildman–Crippen LogP) is 3.14. The fourth-order valence-corrected chi connectivity index (χ4v) is 3.36. The van der Waals surface area contributed by atoms with Crippen LogP contribution in [0.3, 0.4) is 0 Å². The Hall–Kier alpha value is -1.39. The van der Waals surface area contributed by atoms with Crippen LogP contribution >= 0.6 is 11.3 Å². The van der Waals surface area contributed by atoms with Gasteiger partial charge in [-0.2, -0.15) is 0 Å². The van der Waals surface area contributed by atoms with Crippen molar-refractivity contribution in [1.82, 2.24) is 10.3 Å². The van der Waals surface area contributed by atoms with Crippen LogP contribution in [0.4, 0.5) is 5.69 Å². The second-order valence-electron chi connectivity index (χ2n) is 5.00. The number of fused-ring (bicyclic) bond motifs is 1. The number of nitrogens with zero attached hydrogens (tertiary/aromatic N) is 1. The van der Waals surface area contributed by atoms with E-state index in [4.69, 9.17) is 0 Å². The molecule has 0 spiro atoms. The molecule has 1 aliphatic heterocycles. The number of para-hydroxylation sites is 1. The molecule has 0 fully saturated rings. The SMILES string of the molecule is Cc1cnc(CNCC2CCNc3ccccc32)s1. The number of nitrogens with one attached hydrogen (secondary N) is 2. The molecule has 2 N–H and O–H groups in total. The summed E-state index contributed by atoms with van der Waals surface area (Å²) in [7, 11) is 0. The first-order chi connectivity index (χ1) is 9.33. The van der Waals surface area contributed by atoms with Gasteiger partial charge in [0.15, 0.2) is 0 Å². The first kappa shape index (κ1) is 12.6. The maximum Gasteiger partial charge on any atom is 0.107 e. The summed E-state index contributed by atoms with van der Waals surface area (Å²) in [6, 6.07) is 8.63. The number of hydrogen-bond acceptors (Lipinski definition) is 4. The summed E-state index contributed by atoms with van der Waals surface area (Å²) >= 11 is 1.77. The Morgan fingerprint density at radius 1 is 1.42 bits per heavy atom. The third-order valence-corrected chi connectivity index (χ3v) is 4.46. The highest BCUT2D eigenvalue weighted by Gasteiger charge is 2.18. The maximum atomic E-state index is 4.39. The molecular weight excluding hydrogens is 254 g/mol. The number of thiazole rings is 1. The minimum atomic E-state index is 0.610. The molecule has 0 saturated carbocycles. The van der Waals surface area contributed by atoms with E-state index in [-0.39, 0.29) is 0 Å². The highest BCUT2D eigenvalue weighted by atomic mass is 32.1. The zero-order chi connectivity index (χ0) is 13.1. The molecule has 2 aromatic rings. The van der Waals surface area contributed by atoms with Gasteiger partial charge < -0.3 is 10.6 Å². The van der Waals surface area contributed by atoms with Crippen LogP contribution in [0, 0.1) is 6.92 Å². The average molecular weight is 273 g/mol. The normalized spacial score (nSPS) is 17.8. The quantitative estimate of drug-likeness (QED) is 0.898. The predicted molar refractivity (Wildman–Crippen MR) is 80.8 cm³/mol. The Bertz CT molecular complexity index is 550. The van der Waals surface area contributed by atoms with Crippen LogP contribution < -0.4 is 10.6 Å². The standard InChI is InChI=1S/C15H19N3S/c1-11-8-18-15(19-11)10-16-9-12-6-7-17-14-5-3-2-4-13(12)14/h2-5,8,12,16-17H,6-7,9-10H2,1H3. The molecule has 4 heteroatoms. The molecular formula is C15H19N3S. The van der Waals surface area contributed by atoms with Gasteiger partial charge in [0.25, 0.3) is 0 Å². The van der Waals surface area contributed by atoms with Gasteiger partial charge in [-0.15, -0.1) is 11.3 Å². The smallest absolute Gasteiger partial charge is 0.107 e. The van der Waals surface area contributed by atoms with E-state index in [0.29, 0.717) is 5.92 Å². The van der Waals surface area contributed by atoms with E-state index >= 15 is 0 Å². The van der Waals surface area contributed by atoms with E-state index in [1.54, 1.807) is 11.3 Å². The lowest BCUT2D eigenvalue weighted by Crippen LogP contribution is -2.26. The molecule has 1 aliphatic rings. The lowest BCUT2D eigenvalue weighted by Gasteiger charge is -2.26. The van der Waals surface area contributed by atoms with Crippen molar-refractivity contribution in [3.8, 4) is 0 Å². The van der Waals surface area contributed by atoms with Crippen molar-refractivity contribution in [1.29, 1.82) is 0 Å². The number of anilines is 1. The van der Waals surface area contributed by atoms with Gasteiger partial charge in [-0.1, -0.05) is 18.2 Å². The third-order valence-electron chi connectivity index (χ3n) is 3.54. The fourth-order valence-electron chi connectivity index (χ4n) is 2.60. The maximum absolute atomic E-state index is 4.39. The van der Waals surface area contributed by atoms with Gasteiger partial charge in [-0.05, 0) is 25.0 Å². The van der Waals surface area contributed by atoms with Gasteiger partial charge in [0.1, 0.15) is 5.01 Å². The minimum Gasteiger partial charge on any atom is -0.385 e. The highest BCUT2D eigenvalue weighted by Crippen LogP contribution is 2.30. The van der Waals surface area contributed by atoms with E-state index in [2.05, 4.69) is 46.8 Å². The van der Waals surface area contributed by atoms with Crippen molar-refractivity contribution in [3.63, 3.8) is 0 Å². The second-order valence-corrected chi connectivity index (χ2v) is 6.31. The van der Waals surface area contributed by atoms with E-state index in [1.807, 2.05) is 6.20 Å². The van der Waals surface area contributed by atoms with Gasteiger partial charge in [-0.25, -0.2) is 4.98 Å². The summed E-state index contributed by atoms with van der Waals surface area (Å²) in [4.78, 5) is 5.67. The van der Waals surface area contributed by atoms with Gasteiger partial charge in [0, 0.05) is 42.3 Å². The summed E-state index contributed by atoms with van der Waals surface area (Å²) in [6.07, 6.45) is 3.14. The first-order valence-electron chi connectivity index (χ1n) is 6.78. The summed E-state index contributed by atoms with van der Waals surface area (Å²) in [5.41, 5.74) is 2.74. The van der Waals surface area contributed by atoms with Crippen LogP contribution in [-0.4, -0.2) is 18.1 Å². The molecule has 3 rings (SSSR count). The van der Waals surface area contributed by atoms with Crippen molar-refractivity contribution in [2.45, 2.75) is 25.8 Å². The Morgan fingerprint density at radius 3 is 3.16 bits per heavy atom. The number of benzene rings is 1. The number of aromatic nitrogens is 1. The van der Waals surface area contributed by atoms with Gasteiger partial charge in [-0.3, -0.25) is 0 Å². The van der Waals surface area contributed by atoms with Crippen LogP contribution in [0.5, 0.6) is 0 Å². The monoisotopic (exact) mass is 273 g/mol. The molecule has 1 aromatic carbocycles. The molecule has 0 aliphatic carbocycles. The largest absolute Gasteiger partial charge is 0.385 e.